The van der Waals surface area contributed by atoms with Gasteiger partial charge in [0.05, 0.1) is 10.9 Å². The fourth-order valence-electron chi connectivity index (χ4n) is 6.92. The summed E-state index contributed by atoms with van der Waals surface area (Å²) in [5.74, 6) is 0. The molecule has 1 heterocycles. The van der Waals surface area contributed by atoms with Crippen molar-refractivity contribution in [2.24, 2.45) is 0 Å². The molecule has 1 nitrogen and oxygen atoms in total. The molecule has 1 aliphatic carbocycles. The van der Waals surface area contributed by atoms with E-state index in [2.05, 4.69) is 133 Å². The Morgan fingerprint density at radius 3 is 2.24 bits per heavy atom. The fraction of sp³-hybridized carbons (Fsp3) is 0.325. The van der Waals surface area contributed by atoms with Crippen LogP contribution in [0.3, 0.4) is 0 Å². The highest BCUT2D eigenvalue weighted by atomic mass is 14.9. The van der Waals surface area contributed by atoms with E-state index in [1.807, 2.05) is 6.08 Å². The van der Waals surface area contributed by atoms with Gasteiger partial charge >= 0.3 is 0 Å². The van der Waals surface area contributed by atoms with Crippen molar-refractivity contribution in [1.29, 1.82) is 0 Å². The van der Waals surface area contributed by atoms with Crippen LogP contribution >= 0.6 is 0 Å². The summed E-state index contributed by atoms with van der Waals surface area (Å²) in [7, 11) is 0. The average molecular weight is 539 g/mol. The summed E-state index contributed by atoms with van der Waals surface area (Å²) in [5.41, 5.74) is 12.1. The highest BCUT2D eigenvalue weighted by Gasteiger charge is 2.38. The molecule has 1 aromatic heterocycles. The maximum Gasteiger partial charge on any atom is 0.221 e. The Labute approximate surface area is 246 Å². The summed E-state index contributed by atoms with van der Waals surface area (Å²) in [5, 5.41) is 5.28. The van der Waals surface area contributed by atoms with Crippen LogP contribution in [-0.2, 0) is 23.8 Å². The summed E-state index contributed by atoms with van der Waals surface area (Å²) >= 11 is 0. The maximum absolute atomic E-state index is 4.29. The van der Waals surface area contributed by atoms with Gasteiger partial charge in [-0.2, -0.15) is 4.57 Å². The van der Waals surface area contributed by atoms with Gasteiger partial charge in [-0.25, -0.2) is 0 Å². The molecule has 0 atom stereocenters. The molecule has 0 bridgehead atoms. The van der Waals surface area contributed by atoms with E-state index in [1.54, 1.807) is 0 Å². The quantitative estimate of drug-likeness (QED) is 0.149. The number of nitrogens with zero attached hydrogens (tertiary/aromatic N) is 1. The lowest BCUT2D eigenvalue weighted by Crippen LogP contribution is -2.35. The zero-order valence-electron chi connectivity index (χ0n) is 26.0. The number of hydrogen-bond donors (Lipinski definition) is 0. The second-order valence-electron chi connectivity index (χ2n) is 13.5. The molecule has 0 radical (unpaired) electrons. The number of benzene rings is 4. The second kappa shape index (κ2) is 9.98. The third-order valence-electron chi connectivity index (χ3n) is 9.44. The third-order valence-corrected chi connectivity index (χ3v) is 9.44. The topological polar surface area (TPSA) is 3.88 Å². The Hall–Kier alpha value is -3.71. The molecule has 0 unspecified atom stereocenters. The monoisotopic (exact) mass is 538 g/mol. The van der Waals surface area contributed by atoms with Crippen molar-refractivity contribution in [3.05, 3.63) is 107 Å². The summed E-state index contributed by atoms with van der Waals surface area (Å²) in [6.07, 6.45) is 7.93. The van der Waals surface area contributed by atoms with Gasteiger partial charge in [0, 0.05) is 16.9 Å². The number of pyridine rings is 1. The van der Waals surface area contributed by atoms with Gasteiger partial charge in [0.1, 0.15) is 6.54 Å². The van der Waals surface area contributed by atoms with E-state index in [0.717, 1.165) is 13.0 Å². The first kappa shape index (κ1) is 27.5. The van der Waals surface area contributed by atoms with Crippen molar-refractivity contribution >= 4 is 27.6 Å². The normalized spacial score (nSPS) is 13.9. The molecule has 208 valence electrons. The van der Waals surface area contributed by atoms with E-state index in [1.165, 1.54) is 84.6 Å². The largest absolute Gasteiger partial charge is 0.221 e. The predicted octanol–water partition coefficient (Wildman–Crippen LogP) is 10.6. The molecule has 6 rings (SSSR count). The van der Waals surface area contributed by atoms with E-state index in [9.17, 15) is 0 Å². The van der Waals surface area contributed by atoms with Crippen LogP contribution in [0.15, 0.2) is 79.5 Å². The third kappa shape index (κ3) is 4.42. The van der Waals surface area contributed by atoms with E-state index in [-0.39, 0.29) is 10.8 Å². The van der Waals surface area contributed by atoms with Gasteiger partial charge < -0.3 is 0 Å². The van der Waals surface area contributed by atoms with Crippen LogP contribution in [0, 0.1) is 0 Å². The molecule has 0 amide bonds. The average Bonchev–Trinajstić information content (AvgIpc) is 3.19. The van der Waals surface area contributed by atoms with Crippen LogP contribution in [0.4, 0.5) is 0 Å². The molecule has 0 N–H and O–H groups in total. The van der Waals surface area contributed by atoms with Crippen LogP contribution in [0.5, 0.6) is 0 Å². The van der Waals surface area contributed by atoms with E-state index < -0.39 is 0 Å². The number of fused-ring (bicyclic) bond motifs is 6. The smallest absolute Gasteiger partial charge is 0.198 e. The summed E-state index contributed by atoms with van der Waals surface area (Å²) < 4.78 is 2.41. The molecule has 1 aliphatic rings. The Morgan fingerprint density at radius 1 is 0.780 bits per heavy atom. The Bertz CT molecular complexity index is 1830. The molecular formula is C40H44N+. The SMILES string of the molecule is C=Cc1cc2c(cc1-c1c3ccc4cc(CCCC)ccc4c3cc[n+]1CC)C(C)(C)c1cc(C(C)(C)C)ccc1-2. The van der Waals surface area contributed by atoms with Gasteiger partial charge in [0.15, 0.2) is 6.20 Å². The van der Waals surface area contributed by atoms with E-state index in [0.29, 0.717) is 0 Å². The summed E-state index contributed by atoms with van der Waals surface area (Å²) in [6.45, 7) is 21.4. The highest BCUT2D eigenvalue weighted by molar-refractivity contribution is 6.11. The summed E-state index contributed by atoms with van der Waals surface area (Å²) in [6, 6.07) is 26.0. The van der Waals surface area contributed by atoms with Crippen molar-refractivity contribution in [2.75, 3.05) is 0 Å². The standard InChI is InChI=1S/C40H44N/c1-9-12-13-26-14-17-30-28(22-26)15-18-33-31(30)20-21-41(11-3)38(33)34-25-37-35(23-27(34)10-2)32-19-16-29(39(4,5)6)24-36(32)40(37,7)8/h10,14-25H,2,9,11-13H2,1,3-8H3/q+1. The lowest BCUT2D eigenvalue weighted by molar-refractivity contribution is -0.681. The van der Waals surface area contributed by atoms with Crippen molar-refractivity contribution in [3.8, 4) is 22.4 Å². The van der Waals surface area contributed by atoms with E-state index in [4.69, 9.17) is 0 Å². The number of aryl methyl sites for hydroxylation is 2. The predicted molar refractivity (Wildman–Crippen MR) is 178 cm³/mol. The van der Waals surface area contributed by atoms with Crippen molar-refractivity contribution in [1.82, 2.24) is 0 Å². The first-order chi connectivity index (χ1) is 19.6. The van der Waals surface area contributed by atoms with E-state index >= 15 is 0 Å². The van der Waals surface area contributed by atoms with Gasteiger partial charge in [-0.3, -0.25) is 0 Å². The minimum absolute atomic E-state index is 0.0798. The Balaban J connectivity index is 1.58. The molecule has 0 fully saturated rings. The van der Waals surface area contributed by atoms with Gasteiger partial charge in [-0.05, 0) is 93.1 Å². The summed E-state index contributed by atoms with van der Waals surface area (Å²) in [4.78, 5) is 0. The van der Waals surface area contributed by atoms with Gasteiger partial charge in [-0.15, -0.1) is 0 Å². The van der Waals surface area contributed by atoms with Gasteiger partial charge in [0.25, 0.3) is 0 Å². The number of aromatic nitrogens is 1. The minimum atomic E-state index is -0.0798. The Morgan fingerprint density at radius 2 is 1.54 bits per heavy atom. The lowest BCUT2D eigenvalue weighted by atomic mass is 9.78. The highest BCUT2D eigenvalue weighted by Crippen LogP contribution is 2.51. The van der Waals surface area contributed by atoms with Crippen LogP contribution in [-0.4, -0.2) is 0 Å². The van der Waals surface area contributed by atoms with Crippen molar-refractivity contribution in [2.45, 2.75) is 85.1 Å². The zero-order chi connectivity index (χ0) is 29.1. The number of unbranched alkanes of at least 4 members (excludes halogenated alkanes) is 1. The number of hydrogen-bond acceptors (Lipinski definition) is 0. The molecule has 0 saturated heterocycles. The molecule has 4 aromatic carbocycles. The van der Waals surface area contributed by atoms with Crippen LogP contribution in [0.2, 0.25) is 0 Å². The first-order valence-electron chi connectivity index (χ1n) is 15.4. The van der Waals surface area contributed by atoms with Crippen LogP contribution in [0.1, 0.15) is 89.1 Å². The molecule has 5 aromatic rings. The zero-order valence-corrected chi connectivity index (χ0v) is 26.0. The molecule has 41 heavy (non-hydrogen) atoms. The number of rotatable bonds is 6. The van der Waals surface area contributed by atoms with Gasteiger partial charge in [0.2, 0.25) is 5.69 Å². The second-order valence-corrected chi connectivity index (χ2v) is 13.5. The van der Waals surface area contributed by atoms with Gasteiger partial charge in [-0.1, -0.05) is 103 Å². The van der Waals surface area contributed by atoms with Crippen LogP contribution in [0.25, 0.3) is 50.0 Å². The maximum atomic E-state index is 4.29. The van der Waals surface area contributed by atoms with Crippen molar-refractivity contribution in [3.63, 3.8) is 0 Å². The molecule has 0 aliphatic heterocycles. The molecule has 1 heteroatoms. The molecular weight excluding hydrogens is 494 g/mol. The molecule has 0 spiro atoms. The fourth-order valence-corrected chi connectivity index (χ4v) is 6.92. The Kier molecular flexibility index (Phi) is 6.68. The molecule has 0 saturated carbocycles. The van der Waals surface area contributed by atoms with Crippen LogP contribution < -0.4 is 4.57 Å². The van der Waals surface area contributed by atoms with Crippen molar-refractivity contribution < 1.29 is 4.57 Å². The first-order valence-corrected chi connectivity index (χ1v) is 15.4. The minimum Gasteiger partial charge on any atom is -0.198 e. The lowest BCUT2D eigenvalue weighted by Gasteiger charge is -2.25.